The molecule has 60 heavy (non-hydrogen) atoms. The van der Waals surface area contributed by atoms with E-state index in [0.29, 0.717) is 18.0 Å². The first-order chi connectivity index (χ1) is 28.9. The van der Waals surface area contributed by atoms with Gasteiger partial charge in [0.1, 0.15) is 6.04 Å². The van der Waals surface area contributed by atoms with Gasteiger partial charge in [0.15, 0.2) is 17.4 Å². The van der Waals surface area contributed by atoms with E-state index in [0.717, 1.165) is 91.3 Å². The van der Waals surface area contributed by atoms with E-state index in [1.54, 1.807) is 11.6 Å². The predicted molar refractivity (Wildman–Crippen MR) is 218 cm³/mol. The summed E-state index contributed by atoms with van der Waals surface area (Å²) in [6, 6.07) is 19.0. The molecule has 1 atom stereocenters. The van der Waals surface area contributed by atoms with Crippen molar-refractivity contribution in [1.29, 1.82) is 0 Å². The third-order valence-electron chi connectivity index (χ3n) is 12.6. The number of rotatable bonds is 10. The van der Waals surface area contributed by atoms with Crippen LogP contribution in [0.25, 0.3) is 33.1 Å². The molecule has 3 N–H and O–H groups in total. The van der Waals surface area contributed by atoms with Crippen molar-refractivity contribution < 1.29 is 32.7 Å². The fourth-order valence-corrected chi connectivity index (χ4v) is 9.20. The first kappa shape index (κ1) is 39.3. The molecule has 15 heteroatoms. The number of aryl methyl sites for hydroxylation is 2. The highest BCUT2D eigenvalue weighted by Crippen LogP contribution is 2.35. The van der Waals surface area contributed by atoms with Gasteiger partial charge in [-0.25, -0.2) is 13.6 Å². The third kappa shape index (κ3) is 7.35. The molecule has 2 aromatic heterocycles. The van der Waals surface area contributed by atoms with Gasteiger partial charge < -0.3 is 10.4 Å². The largest absolute Gasteiger partial charge is 0.503 e. The van der Waals surface area contributed by atoms with Crippen molar-refractivity contribution in [3.63, 3.8) is 0 Å². The molecule has 2 fully saturated rings. The maximum absolute atomic E-state index is 14.2. The number of aromatic nitrogens is 4. The molecule has 9 rings (SSSR count). The molecule has 1 unspecified atom stereocenters. The monoisotopic (exact) mass is 819 g/mol. The summed E-state index contributed by atoms with van der Waals surface area (Å²) in [4.78, 5) is 52.3. The SMILES string of the molecule is Cn1c(=O)n(C2CCC(=O)NC2=O)c2ccc(CCCN3Cc4ccc(-c5ccc6cn([C@H]7CC[C@H](CNC(=O)c8cc(F)c(O)c(F)c8F)CC7)nc6c5)cc4C3)cc21. The Bertz CT molecular complexity index is 2770. The number of aromatic hydroxyl groups is 1. The molecule has 4 heterocycles. The van der Waals surface area contributed by atoms with Crippen molar-refractivity contribution in [2.75, 3.05) is 13.1 Å². The minimum atomic E-state index is -1.78. The second kappa shape index (κ2) is 15.8. The lowest BCUT2D eigenvalue weighted by atomic mass is 9.86. The number of nitrogens with one attached hydrogen (secondary N) is 2. The zero-order chi connectivity index (χ0) is 41.8. The van der Waals surface area contributed by atoms with Crippen LogP contribution in [0.5, 0.6) is 5.75 Å². The van der Waals surface area contributed by atoms with E-state index in [4.69, 9.17) is 5.10 Å². The molecule has 1 aliphatic carbocycles. The molecule has 1 saturated carbocycles. The molecule has 0 radical (unpaired) electrons. The predicted octanol–water partition coefficient (Wildman–Crippen LogP) is 6.57. The number of imidazole rings is 1. The Morgan fingerprint density at radius 2 is 1.65 bits per heavy atom. The Kier molecular flexibility index (Phi) is 10.3. The molecule has 3 amide bonds. The number of hydrogen-bond donors (Lipinski definition) is 3. The number of benzene rings is 4. The van der Waals surface area contributed by atoms with Crippen LogP contribution >= 0.6 is 0 Å². The highest BCUT2D eigenvalue weighted by Gasteiger charge is 2.32. The Hall–Kier alpha value is -6.22. The molecular formula is C45H44F3N7O5. The van der Waals surface area contributed by atoms with E-state index >= 15 is 0 Å². The summed E-state index contributed by atoms with van der Waals surface area (Å²) in [5.41, 5.74) is 7.30. The maximum atomic E-state index is 14.2. The molecule has 1 saturated heterocycles. The summed E-state index contributed by atoms with van der Waals surface area (Å²) in [6.45, 7) is 2.90. The Morgan fingerprint density at radius 3 is 2.45 bits per heavy atom. The van der Waals surface area contributed by atoms with Crippen LogP contribution in [0.1, 0.15) is 84.1 Å². The Labute approximate surface area is 342 Å². The van der Waals surface area contributed by atoms with Crippen molar-refractivity contribution in [2.45, 2.75) is 76.5 Å². The Morgan fingerprint density at radius 1 is 0.883 bits per heavy atom. The van der Waals surface area contributed by atoms with Gasteiger partial charge >= 0.3 is 5.69 Å². The van der Waals surface area contributed by atoms with Crippen LogP contribution in [0.2, 0.25) is 0 Å². The van der Waals surface area contributed by atoms with Crippen LogP contribution in [-0.4, -0.2) is 59.7 Å². The molecular weight excluding hydrogens is 776 g/mol. The van der Waals surface area contributed by atoms with Gasteiger partial charge in [0.2, 0.25) is 17.6 Å². The number of amides is 3. The summed E-state index contributed by atoms with van der Waals surface area (Å²) in [5.74, 6) is -7.76. The van der Waals surface area contributed by atoms with Crippen molar-refractivity contribution in [1.82, 2.24) is 34.4 Å². The average Bonchev–Trinajstić information content (AvgIpc) is 3.93. The van der Waals surface area contributed by atoms with Gasteiger partial charge in [-0.05, 0) is 116 Å². The normalized spacial score (nSPS) is 19.6. The van der Waals surface area contributed by atoms with Gasteiger partial charge in [0.25, 0.3) is 5.91 Å². The number of fused-ring (bicyclic) bond motifs is 3. The van der Waals surface area contributed by atoms with Gasteiger partial charge in [-0.15, -0.1) is 0 Å². The third-order valence-corrected chi connectivity index (χ3v) is 12.6. The molecule has 0 bridgehead atoms. The summed E-state index contributed by atoms with van der Waals surface area (Å²) in [5, 5.41) is 20.2. The lowest BCUT2D eigenvalue weighted by Gasteiger charge is -2.28. The van der Waals surface area contributed by atoms with E-state index in [1.165, 1.54) is 15.7 Å². The second-order valence-electron chi connectivity index (χ2n) is 16.4. The molecule has 3 aliphatic rings. The molecule has 310 valence electrons. The average molecular weight is 820 g/mol. The maximum Gasteiger partial charge on any atom is 0.329 e. The quantitative estimate of drug-likeness (QED) is 0.105. The first-order valence-electron chi connectivity index (χ1n) is 20.4. The number of halogens is 3. The van der Waals surface area contributed by atoms with Crippen LogP contribution in [-0.2, 0) is 36.1 Å². The number of phenols is 1. The van der Waals surface area contributed by atoms with Crippen molar-refractivity contribution >= 4 is 39.7 Å². The molecule has 2 aliphatic heterocycles. The van der Waals surface area contributed by atoms with Crippen LogP contribution in [0.3, 0.4) is 0 Å². The van der Waals surface area contributed by atoms with Gasteiger partial charge in [-0.1, -0.05) is 30.3 Å². The summed E-state index contributed by atoms with van der Waals surface area (Å²) in [7, 11) is 1.71. The molecule has 6 aromatic rings. The fraction of sp³-hybridized carbons (Fsp3) is 0.356. The van der Waals surface area contributed by atoms with Crippen molar-refractivity contribution in [2.24, 2.45) is 13.0 Å². The standard InChI is InChI=1S/C45H44F3N7O5/c1-52-38-17-25(6-13-36(38)55(45(52)60)37-14-15-39(56)50-44(37)59)3-2-16-53-22-29-9-7-27(18-31(29)23-53)28-8-10-30-24-54(51-35(30)19-28)32-11-4-26(5-12-32)21-49-43(58)33-20-34(46)42(57)41(48)40(33)47/h6-10,13,17-20,24,26,32,37,57H,2-5,11-12,14-16,21-23H2,1H3,(H,49,58)(H,50,56,59)/t26-,32-,37?. The van der Waals surface area contributed by atoms with E-state index in [-0.39, 0.29) is 36.5 Å². The molecule has 12 nitrogen and oxygen atoms in total. The number of nitrogens with zero attached hydrogens (tertiary/aromatic N) is 5. The lowest BCUT2D eigenvalue weighted by Crippen LogP contribution is -2.44. The van der Waals surface area contributed by atoms with Crippen LogP contribution in [0.4, 0.5) is 13.2 Å². The van der Waals surface area contributed by atoms with Crippen LogP contribution in [0.15, 0.2) is 71.7 Å². The van der Waals surface area contributed by atoms with E-state index in [2.05, 4.69) is 58.1 Å². The van der Waals surface area contributed by atoms with E-state index < -0.39 is 46.6 Å². The van der Waals surface area contributed by atoms with Crippen LogP contribution in [0, 0.1) is 23.4 Å². The van der Waals surface area contributed by atoms with Gasteiger partial charge in [-0.2, -0.15) is 9.49 Å². The number of phenolic OH excluding ortho intramolecular Hbond substituents is 1. The molecule has 0 spiro atoms. The molecule has 4 aromatic carbocycles. The first-order valence-corrected chi connectivity index (χ1v) is 20.4. The van der Waals surface area contributed by atoms with Crippen molar-refractivity contribution in [3.8, 4) is 16.9 Å². The summed E-state index contributed by atoms with van der Waals surface area (Å²) < 4.78 is 46.7. The number of piperidine rings is 1. The minimum Gasteiger partial charge on any atom is -0.503 e. The summed E-state index contributed by atoms with van der Waals surface area (Å²) in [6.07, 6.45) is 7.61. The number of carbonyl (C=O) groups excluding carboxylic acids is 3. The van der Waals surface area contributed by atoms with Gasteiger partial charge in [0.05, 0.1) is 28.2 Å². The highest BCUT2D eigenvalue weighted by molar-refractivity contribution is 6.00. The number of hydrogen-bond acceptors (Lipinski definition) is 7. The fourth-order valence-electron chi connectivity index (χ4n) is 9.20. The summed E-state index contributed by atoms with van der Waals surface area (Å²) >= 11 is 0. The highest BCUT2D eigenvalue weighted by atomic mass is 19.2. The van der Waals surface area contributed by atoms with Gasteiger partial charge in [0, 0.05) is 44.7 Å². The van der Waals surface area contributed by atoms with Crippen LogP contribution < -0.4 is 16.3 Å². The zero-order valence-electron chi connectivity index (χ0n) is 33.0. The topological polar surface area (TPSA) is 143 Å². The number of imide groups is 1. The van der Waals surface area contributed by atoms with Crippen molar-refractivity contribution in [3.05, 3.63) is 117 Å². The lowest BCUT2D eigenvalue weighted by molar-refractivity contribution is -0.135. The Balaban J connectivity index is 0.782. The number of carbonyl (C=O) groups is 3. The van der Waals surface area contributed by atoms with E-state index in [1.807, 2.05) is 22.9 Å². The van der Waals surface area contributed by atoms with E-state index in [9.17, 15) is 37.5 Å². The minimum absolute atomic E-state index is 0.120. The van der Waals surface area contributed by atoms with Gasteiger partial charge in [-0.3, -0.25) is 38.4 Å². The smallest absolute Gasteiger partial charge is 0.329 e. The zero-order valence-corrected chi connectivity index (χ0v) is 33.0. The second-order valence-corrected chi connectivity index (χ2v) is 16.4.